The summed E-state index contributed by atoms with van der Waals surface area (Å²) in [6.07, 6.45) is 1.06. The van der Waals surface area contributed by atoms with E-state index in [-0.39, 0.29) is 0 Å². The number of hydrogen-bond donors (Lipinski definition) is 3. The van der Waals surface area contributed by atoms with Gasteiger partial charge in [0.1, 0.15) is 5.82 Å². The number of aryl methyl sites for hydroxylation is 1. The molecule has 108 valence electrons. The number of morpholine rings is 1. The Morgan fingerprint density at radius 1 is 1.50 bits per heavy atom. The number of aromatic amines is 1. The second-order valence-corrected chi connectivity index (χ2v) is 5.56. The Morgan fingerprint density at radius 3 is 3.20 bits per heavy atom. The van der Waals surface area contributed by atoms with E-state index in [1.165, 1.54) is 0 Å². The molecule has 1 aromatic carbocycles. The van der Waals surface area contributed by atoms with E-state index in [1.54, 1.807) is 0 Å². The van der Waals surface area contributed by atoms with Crippen molar-refractivity contribution in [3.05, 3.63) is 24.0 Å². The van der Waals surface area contributed by atoms with E-state index in [0.717, 1.165) is 48.7 Å². The van der Waals surface area contributed by atoms with Crippen molar-refractivity contribution in [1.82, 2.24) is 15.3 Å². The number of imidazole rings is 1. The summed E-state index contributed by atoms with van der Waals surface area (Å²) in [7, 11) is 0. The molecule has 2 atom stereocenters. The van der Waals surface area contributed by atoms with Gasteiger partial charge in [0, 0.05) is 24.3 Å². The standard InChI is InChI=1S/C15H22N4O/c1-10(7-13-9-20-6-5-16-13)17-12-3-4-14-15(8-12)19-11(2)18-14/h3-4,8,10,13,16-17H,5-7,9H2,1-2H3,(H,18,19). The summed E-state index contributed by atoms with van der Waals surface area (Å²) in [5.74, 6) is 0.953. The number of fused-ring (bicyclic) bond motifs is 1. The highest BCUT2D eigenvalue weighted by atomic mass is 16.5. The quantitative estimate of drug-likeness (QED) is 0.798. The van der Waals surface area contributed by atoms with Gasteiger partial charge in [-0.25, -0.2) is 4.98 Å². The maximum Gasteiger partial charge on any atom is 0.104 e. The minimum absolute atomic E-state index is 0.399. The number of nitrogens with one attached hydrogen (secondary N) is 3. The number of anilines is 1. The summed E-state index contributed by atoms with van der Waals surface area (Å²) < 4.78 is 5.49. The van der Waals surface area contributed by atoms with E-state index in [1.807, 2.05) is 6.92 Å². The highest BCUT2D eigenvalue weighted by Gasteiger charge is 2.16. The fourth-order valence-electron chi connectivity index (χ4n) is 2.77. The van der Waals surface area contributed by atoms with Crippen LogP contribution < -0.4 is 10.6 Å². The lowest BCUT2D eigenvalue weighted by molar-refractivity contribution is 0.0731. The monoisotopic (exact) mass is 274 g/mol. The first kappa shape index (κ1) is 13.4. The van der Waals surface area contributed by atoms with Gasteiger partial charge >= 0.3 is 0 Å². The largest absolute Gasteiger partial charge is 0.382 e. The number of benzene rings is 1. The van der Waals surface area contributed by atoms with Gasteiger partial charge in [-0.2, -0.15) is 0 Å². The first-order chi connectivity index (χ1) is 9.70. The van der Waals surface area contributed by atoms with Crippen LogP contribution in [0.4, 0.5) is 5.69 Å². The fraction of sp³-hybridized carbons (Fsp3) is 0.533. The molecule has 5 nitrogen and oxygen atoms in total. The molecule has 2 unspecified atom stereocenters. The van der Waals surface area contributed by atoms with E-state index in [9.17, 15) is 0 Å². The van der Waals surface area contributed by atoms with Crippen molar-refractivity contribution in [1.29, 1.82) is 0 Å². The third-order valence-corrected chi connectivity index (χ3v) is 3.65. The molecule has 0 spiro atoms. The maximum absolute atomic E-state index is 5.49. The zero-order chi connectivity index (χ0) is 13.9. The van der Waals surface area contributed by atoms with Crippen LogP contribution >= 0.6 is 0 Å². The molecule has 5 heteroatoms. The van der Waals surface area contributed by atoms with E-state index in [0.29, 0.717) is 12.1 Å². The van der Waals surface area contributed by atoms with Crippen LogP contribution in [-0.4, -0.2) is 41.8 Å². The fourth-order valence-corrected chi connectivity index (χ4v) is 2.77. The zero-order valence-electron chi connectivity index (χ0n) is 12.1. The number of rotatable bonds is 4. The Labute approximate surface area is 119 Å². The van der Waals surface area contributed by atoms with Crippen molar-refractivity contribution in [3.63, 3.8) is 0 Å². The van der Waals surface area contributed by atoms with Gasteiger partial charge in [-0.3, -0.25) is 0 Å². The molecule has 1 saturated heterocycles. The van der Waals surface area contributed by atoms with E-state index in [4.69, 9.17) is 4.74 Å². The molecule has 0 radical (unpaired) electrons. The van der Waals surface area contributed by atoms with E-state index in [2.05, 4.69) is 45.7 Å². The lowest BCUT2D eigenvalue weighted by atomic mass is 10.1. The number of ether oxygens (including phenoxy) is 1. The van der Waals surface area contributed by atoms with Gasteiger partial charge in [0.25, 0.3) is 0 Å². The molecule has 1 aliphatic heterocycles. The van der Waals surface area contributed by atoms with Crippen molar-refractivity contribution in [2.45, 2.75) is 32.4 Å². The van der Waals surface area contributed by atoms with Crippen LogP contribution in [0.2, 0.25) is 0 Å². The topological polar surface area (TPSA) is 62.0 Å². The van der Waals surface area contributed by atoms with E-state index < -0.39 is 0 Å². The van der Waals surface area contributed by atoms with Crippen molar-refractivity contribution in [2.75, 3.05) is 25.1 Å². The molecule has 2 heterocycles. The molecular weight excluding hydrogens is 252 g/mol. The number of aromatic nitrogens is 2. The summed E-state index contributed by atoms with van der Waals surface area (Å²) in [4.78, 5) is 7.69. The average molecular weight is 274 g/mol. The van der Waals surface area contributed by atoms with Gasteiger partial charge in [-0.05, 0) is 38.5 Å². The molecule has 1 aromatic heterocycles. The van der Waals surface area contributed by atoms with Crippen LogP contribution in [0.25, 0.3) is 11.0 Å². The number of hydrogen-bond acceptors (Lipinski definition) is 4. The number of H-pyrrole nitrogens is 1. The molecule has 3 rings (SSSR count). The smallest absolute Gasteiger partial charge is 0.104 e. The molecule has 20 heavy (non-hydrogen) atoms. The lowest BCUT2D eigenvalue weighted by Gasteiger charge is -2.27. The second kappa shape index (κ2) is 5.81. The van der Waals surface area contributed by atoms with Crippen molar-refractivity contribution in [2.24, 2.45) is 0 Å². The van der Waals surface area contributed by atoms with E-state index >= 15 is 0 Å². The van der Waals surface area contributed by atoms with Crippen molar-refractivity contribution >= 4 is 16.7 Å². The molecule has 1 fully saturated rings. The Morgan fingerprint density at radius 2 is 2.40 bits per heavy atom. The predicted molar refractivity (Wildman–Crippen MR) is 81.1 cm³/mol. The van der Waals surface area contributed by atoms with Gasteiger partial charge in [-0.15, -0.1) is 0 Å². The molecule has 0 bridgehead atoms. The third-order valence-electron chi connectivity index (χ3n) is 3.65. The van der Waals surface area contributed by atoms with Crippen LogP contribution in [0.1, 0.15) is 19.2 Å². The Balaban J connectivity index is 1.62. The van der Waals surface area contributed by atoms with Crippen molar-refractivity contribution < 1.29 is 4.74 Å². The molecular formula is C15H22N4O. The average Bonchev–Trinajstić information content (AvgIpc) is 2.79. The van der Waals surface area contributed by atoms with Gasteiger partial charge in [0.2, 0.25) is 0 Å². The SMILES string of the molecule is Cc1nc2ccc(NC(C)CC3COCCN3)cc2[nH]1. The van der Waals surface area contributed by atoms with Crippen LogP contribution in [0.5, 0.6) is 0 Å². The summed E-state index contributed by atoms with van der Waals surface area (Å²) in [6.45, 7) is 6.78. The van der Waals surface area contributed by atoms with Gasteiger partial charge in [0.05, 0.1) is 24.2 Å². The Bertz CT molecular complexity index is 574. The van der Waals surface area contributed by atoms with Gasteiger partial charge < -0.3 is 20.4 Å². The minimum Gasteiger partial charge on any atom is -0.382 e. The normalized spacial score (nSPS) is 21.0. The minimum atomic E-state index is 0.399. The molecule has 3 N–H and O–H groups in total. The summed E-state index contributed by atoms with van der Waals surface area (Å²) in [5.41, 5.74) is 3.23. The second-order valence-electron chi connectivity index (χ2n) is 5.56. The Hall–Kier alpha value is -1.59. The lowest BCUT2D eigenvalue weighted by Crippen LogP contribution is -2.43. The van der Waals surface area contributed by atoms with Crippen LogP contribution in [-0.2, 0) is 4.74 Å². The molecule has 0 saturated carbocycles. The van der Waals surface area contributed by atoms with Crippen LogP contribution in [0.15, 0.2) is 18.2 Å². The summed E-state index contributed by atoms with van der Waals surface area (Å²) in [6, 6.07) is 7.11. The highest BCUT2D eigenvalue weighted by Crippen LogP contribution is 2.18. The summed E-state index contributed by atoms with van der Waals surface area (Å²) in [5, 5.41) is 7.03. The zero-order valence-corrected chi connectivity index (χ0v) is 12.1. The first-order valence-electron chi connectivity index (χ1n) is 7.25. The molecule has 0 aliphatic carbocycles. The molecule has 2 aromatic rings. The third kappa shape index (κ3) is 3.11. The van der Waals surface area contributed by atoms with Crippen LogP contribution in [0.3, 0.4) is 0 Å². The Kier molecular flexibility index (Phi) is 3.89. The van der Waals surface area contributed by atoms with Gasteiger partial charge in [-0.1, -0.05) is 0 Å². The summed E-state index contributed by atoms with van der Waals surface area (Å²) >= 11 is 0. The molecule has 1 aliphatic rings. The first-order valence-corrected chi connectivity index (χ1v) is 7.25. The number of nitrogens with zero attached hydrogens (tertiary/aromatic N) is 1. The molecule has 0 amide bonds. The van der Waals surface area contributed by atoms with Crippen LogP contribution in [0, 0.1) is 6.92 Å². The maximum atomic E-state index is 5.49. The van der Waals surface area contributed by atoms with Gasteiger partial charge in [0.15, 0.2) is 0 Å². The van der Waals surface area contributed by atoms with Crippen molar-refractivity contribution in [3.8, 4) is 0 Å². The highest BCUT2D eigenvalue weighted by molar-refractivity contribution is 5.79. The predicted octanol–water partition coefficient (Wildman–Crippen LogP) is 2.05.